The number of rotatable bonds is 2. The molecule has 1 saturated heterocycles. The van der Waals surface area contributed by atoms with E-state index in [0.717, 1.165) is 6.54 Å². The summed E-state index contributed by atoms with van der Waals surface area (Å²) in [6, 6.07) is 4.28. The number of hydrogen-bond acceptors (Lipinski definition) is 4. The van der Waals surface area contributed by atoms with Crippen molar-refractivity contribution >= 4 is 17.3 Å². The number of methoxy groups -OCH3 is 1. The largest absolute Gasteiger partial charge is 0.465 e. The molecule has 1 atom stereocenters. The van der Waals surface area contributed by atoms with Gasteiger partial charge in [-0.3, -0.25) is 0 Å². The Morgan fingerprint density at radius 1 is 1.69 bits per heavy atom. The van der Waals surface area contributed by atoms with Gasteiger partial charge in [-0.1, -0.05) is 0 Å². The van der Waals surface area contributed by atoms with Crippen molar-refractivity contribution in [2.45, 2.75) is 12.5 Å². The van der Waals surface area contributed by atoms with Gasteiger partial charge >= 0.3 is 5.97 Å². The van der Waals surface area contributed by atoms with Gasteiger partial charge in [0.2, 0.25) is 0 Å². The molecule has 1 unspecified atom stereocenters. The average Bonchev–Trinajstić information content (AvgIpc) is 2.49. The first kappa shape index (κ1) is 8.72. The number of thiophene rings is 1. The van der Waals surface area contributed by atoms with Gasteiger partial charge in [-0.2, -0.15) is 0 Å². The van der Waals surface area contributed by atoms with Gasteiger partial charge in [0.1, 0.15) is 4.88 Å². The second kappa shape index (κ2) is 3.47. The highest BCUT2D eigenvalue weighted by atomic mass is 32.1. The Labute approximate surface area is 80.7 Å². The first-order valence-electron chi connectivity index (χ1n) is 4.22. The maximum Gasteiger partial charge on any atom is 0.348 e. The van der Waals surface area contributed by atoms with Crippen LogP contribution >= 0.6 is 11.3 Å². The van der Waals surface area contributed by atoms with Gasteiger partial charge in [0.15, 0.2) is 0 Å². The van der Waals surface area contributed by atoms with E-state index in [0.29, 0.717) is 10.9 Å². The Kier molecular flexibility index (Phi) is 2.33. The summed E-state index contributed by atoms with van der Waals surface area (Å²) in [6.07, 6.45) is 1.17. The Morgan fingerprint density at radius 3 is 3.00 bits per heavy atom. The van der Waals surface area contributed by atoms with E-state index in [1.54, 1.807) is 0 Å². The third-order valence-corrected chi connectivity index (χ3v) is 3.36. The number of esters is 1. The van der Waals surface area contributed by atoms with Crippen LogP contribution in [0.2, 0.25) is 0 Å². The molecule has 70 valence electrons. The molecule has 1 aliphatic rings. The maximum atomic E-state index is 11.1. The smallest absolute Gasteiger partial charge is 0.348 e. The molecule has 2 rings (SSSR count). The predicted octanol–water partition coefficient (Wildman–Crippen LogP) is 1.57. The quantitative estimate of drug-likeness (QED) is 0.731. The van der Waals surface area contributed by atoms with E-state index in [2.05, 4.69) is 10.1 Å². The first-order chi connectivity index (χ1) is 6.31. The van der Waals surface area contributed by atoms with E-state index < -0.39 is 0 Å². The zero-order valence-corrected chi connectivity index (χ0v) is 8.19. The van der Waals surface area contributed by atoms with Crippen LogP contribution in [0.4, 0.5) is 0 Å². The predicted molar refractivity (Wildman–Crippen MR) is 51.0 cm³/mol. The summed E-state index contributed by atoms with van der Waals surface area (Å²) >= 11 is 1.51. The molecule has 3 nitrogen and oxygen atoms in total. The fraction of sp³-hybridized carbons (Fsp3) is 0.444. The van der Waals surface area contributed by atoms with Gasteiger partial charge in [-0.25, -0.2) is 4.79 Å². The molecule has 1 aromatic rings. The number of ether oxygens (including phenoxy) is 1. The van der Waals surface area contributed by atoms with Crippen molar-refractivity contribution in [2.24, 2.45) is 0 Å². The van der Waals surface area contributed by atoms with Crippen LogP contribution in [-0.2, 0) is 4.74 Å². The molecule has 2 heterocycles. The Bertz CT molecular complexity index is 317. The summed E-state index contributed by atoms with van der Waals surface area (Å²) in [5.74, 6) is -0.240. The number of carbonyl (C=O) groups excluding carboxylic acids is 1. The molecule has 0 radical (unpaired) electrons. The third kappa shape index (κ3) is 1.59. The van der Waals surface area contributed by atoms with Crippen LogP contribution in [0, 0.1) is 0 Å². The molecule has 1 fully saturated rings. The third-order valence-electron chi connectivity index (χ3n) is 2.18. The molecule has 1 N–H and O–H groups in total. The molecule has 13 heavy (non-hydrogen) atoms. The van der Waals surface area contributed by atoms with Crippen molar-refractivity contribution < 1.29 is 9.53 Å². The topological polar surface area (TPSA) is 38.3 Å². The zero-order valence-electron chi connectivity index (χ0n) is 7.37. The van der Waals surface area contributed by atoms with E-state index in [9.17, 15) is 4.79 Å². The van der Waals surface area contributed by atoms with Crippen LogP contribution < -0.4 is 5.32 Å². The Balaban J connectivity index is 2.12. The Morgan fingerprint density at radius 2 is 2.46 bits per heavy atom. The fourth-order valence-electron chi connectivity index (χ4n) is 1.28. The minimum atomic E-state index is -0.240. The lowest BCUT2D eigenvalue weighted by Crippen LogP contribution is -2.34. The molecular weight excluding hydrogens is 186 g/mol. The summed E-state index contributed by atoms with van der Waals surface area (Å²) in [5.41, 5.74) is 0. The van der Waals surface area contributed by atoms with E-state index >= 15 is 0 Å². The van der Waals surface area contributed by atoms with Crippen LogP contribution in [0.5, 0.6) is 0 Å². The highest BCUT2D eigenvalue weighted by Gasteiger charge is 2.21. The zero-order chi connectivity index (χ0) is 9.26. The van der Waals surface area contributed by atoms with Crippen molar-refractivity contribution in [3.05, 3.63) is 21.9 Å². The second-order valence-corrected chi connectivity index (χ2v) is 4.10. The summed E-state index contributed by atoms with van der Waals surface area (Å²) in [4.78, 5) is 13.0. The number of nitrogens with one attached hydrogen (secondary N) is 1. The van der Waals surface area contributed by atoms with E-state index in [-0.39, 0.29) is 5.97 Å². The van der Waals surface area contributed by atoms with Gasteiger partial charge < -0.3 is 10.1 Å². The standard InChI is InChI=1S/C9H11NO2S/c1-12-9(11)8-3-2-7(13-8)6-4-5-10-6/h2-3,6,10H,4-5H2,1H3. The molecule has 0 spiro atoms. The van der Waals surface area contributed by atoms with Crippen molar-refractivity contribution in [2.75, 3.05) is 13.7 Å². The normalized spacial score (nSPS) is 20.8. The van der Waals surface area contributed by atoms with Gasteiger partial charge in [0.05, 0.1) is 7.11 Å². The van der Waals surface area contributed by atoms with Crippen LogP contribution in [0.25, 0.3) is 0 Å². The van der Waals surface area contributed by atoms with Crippen molar-refractivity contribution in [1.29, 1.82) is 0 Å². The van der Waals surface area contributed by atoms with E-state index in [4.69, 9.17) is 0 Å². The number of hydrogen-bond donors (Lipinski definition) is 1. The Hall–Kier alpha value is -0.870. The molecule has 0 bridgehead atoms. The number of carbonyl (C=O) groups is 1. The van der Waals surface area contributed by atoms with E-state index in [1.807, 2.05) is 12.1 Å². The molecule has 4 heteroatoms. The minimum Gasteiger partial charge on any atom is -0.465 e. The fourth-order valence-corrected chi connectivity index (χ4v) is 2.32. The molecule has 1 aliphatic heterocycles. The lowest BCUT2D eigenvalue weighted by molar-refractivity contribution is 0.0606. The molecule has 0 aliphatic carbocycles. The van der Waals surface area contributed by atoms with Gasteiger partial charge in [-0.05, 0) is 25.1 Å². The minimum absolute atomic E-state index is 0.240. The monoisotopic (exact) mass is 197 g/mol. The van der Waals surface area contributed by atoms with Crippen LogP contribution in [0.3, 0.4) is 0 Å². The van der Waals surface area contributed by atoms with Crippen molar-refractivity contribution in [3.8, 4) is 0 Å². The molecular formula is C9H11NO2S. The van der Waals surface area contributed by atoms with Gasteiger partial charge in [0.25, 0.3) is 0 Å². The molecule has 0 saturated carbocycles. The van der Waals surface area contributed by atoms with Crippen LogP contribution in [0.1, 0.15) is 27.0 Å². The van der Waals surface area contributed by atoms with E-state index in [1.165, 1.54) is 29.7 Å². The molecule has 0 amide bonds. The van der Waals surface area contributed by atoms with Crippen molar-refractivity contribution in [1.82, 2.24) is 5.32 Å². The lowest BCUT2D eigenvalue weighted by Gasteiger charge is -2.26. The van der Waals surface area contributed by atoms with Gasteiger partial charge in [-0.15, -0.1) is 11.3 Å². The van der Waals surface area contributed by atoms with Crippen molar-refractivity contribution in [3.63, 3.8) is 0 Å². The first-order valence-corrected chi connectivity index (χ1v) is 5.04. The highest BCUT2D eigenvalue weighted by molar-refractivity contribution is 7.14. The SMILES string of the molecule is COC(=O)c1ccc(C2CCN2)s1. The summed E-state index contributed by atoms with van der Waals surface area (Å²) in [6.45, 7) is 1.08. The molecule has 0 aromatic carbocycles. The lowest BCUT2D eigenvalue weighted by atomic mass is 10.1. The van der Waals surface area contributed by atoms with Gasteiger partial charge in [0, 0.05) is 10.9 Å². The van der Waals surface area contributed by atoms with Crippen LogP contribution in [-0.4, -0.2) is 19.6 Å². The second-order valence-electron chi connectivity index (χ2n) is 2.99. The molecule has 1 aromatic heterocycles. The average molecular weight is 197 g/mol. The summed E-state index contributed by atoms with van der Waals surface area (Å²) in [5, 5.41) is 3.29. The maximum absolute atomic E-state index is 11.1. The summed E-state index contributed by atoms with van der Waals surface area (Å²) < 4.78 is 4.63. The summed E-state index contributed by atoms with van der Waals surface area (Å²) in [7, 11) is 1.41. The van der Waals surface area contributed by atoms with Crippen LogP contribution in [0.15, 0.2) is 12.1 Å². The highest BCUT2D eigenvalue weighted by Crippen LogP contribution is 2.29.